The summed E-state index contributed by atoms with van der Waals surface area (Å²) >= 11 is 0. The molecule has 0 rings (SSSR count). The first kappa shape index (κ1) is 24.0. The van der Waals surface area contributed by atoms with Gasteiger partial charge in [-0.2, -0.15) is 0 Å². The molecule has 0 saturated carbocycles. The fourth-order valence-corrected chi connectivity index (χ4v) is 2.47. The standard InChI is InChI=1S/C23H36O3/c1-6-8-18-26-23(24)22(25-5)19-21(4)17-14-12-10-9-11-13-16-20(3)15-7-2/h6-7,15,17,19H,1-2,8-14,16,18H2,3-5H3/b20-15+,21-17+,22-19-. The van der Waals surface area contributed by atoms with Crippen LogP contribution in [0.3, 0.4) is 0 Å². The highest BCUT2D eigenvalue weighted by Gasteiger charge is 2.10. The van der Waals surface area contributed by atoms with Crippen LogP contribution in [0.4, 0.5) is 0 Å². The Kier molecular flexibility index (Phi) is 15.2. The molecule has 3 nitrogen and oxygen atoms in total. The molecule has 0 bridgehead atoms. The van der Waals surface area contributed by atoms with Crippen molar-refractivity contribution in [2.75, 3.05) is 13.7 Å². The minimum atomic E-state index is -0.428. The zero-order valence-corrected chi connectivity index (χ0v) is 16.9. The summed E-state index contributed by atoms with van der Waals surface area (Å²) < 4.78 is 10.2. The van der Waals surface area contributed by atoms with Crippen LogP contribution in [0.25, 0.3) is 0 Å². The molecule has 0 aliphatic rings. The van der Waals surface area contributed by atoms with Gasteiger partial charge in [-0.3, -0.25) is 0 Å². The maximum atomic E-state index is 11.9. The van der Waals surface area contributed by atoms with Gasteiger partial charge < -0.3 is 9.47 Å². The lowest BCUT2D eigenvalue weighted by Crippen LogP contribution is -2.10. The summed E-state index contributed by atoms with van der Waals surface area (Å²) in [6, 6.07) is 0. The average Bonchev–Trinajstić information content (AvgIpc) is 2.62. The van der Waals surface area contributed by atoms with Gasteiger partial charge in [0.15, 0.2) is 0 Å². The molecule has 0 saturated heterocycles. The number of unbranched alkanes of at least 4 members (excludes halogenated alkanes) is 5. The van der Waals surface area contributed by atoms with Gasteiger partial charge in [0, 0.05) is 0 Å². The van der Waals surface area contributed by atoms with E-state index in [1.807, 2.05) is 13.0 Å². The summed E-state index contributed by atoms with van der Waals surface area (Å²) in [5, 5.41) is 0. The SMILES string of the molecule is C=C/C=C(\C)CCCCCCC/C=C(C)/C=C(\OC)C(=O)OCCC=C. The van der Waals surface area contributed by atoms with Gasteiger partial charge in [0.1, 0.15) is 0 Å². The molecule has 0 aromatic carbocycles. The first-order valence-electron chi connectivity index (χ1n) is 9.53. The molecule has 0 N–H and O–H groups in total. The molecule has 0 aliphatic heterocycles. The third-order valence-corrected chi connectivity index (χ3v) is 3.98. The van der Waals surface area contributed by atoms with E-state index in [0.717, 1.165) is 12.0 Å². The van der Waals surface area contributed by atoms with Gasteiger partial charge in [0.25, 0.3) is 0 Å². The predicted molar refractivity (Wildman–Crippen MR) is 111 cm³/mol. The van der Waals surface area contributed by atoms with Crippen LogP contribution in [-0.4, -0.2) is 19.7 Å². The molecular formula is C23H36O3. The molecule has 0 aliphatic carbocycles. The highest BCUT2D eigenvalue weighted by molar-refractivity contribution is 5.86. The second-order valence-electron chi connectivity index (χ2n) is 6.43. The number of rotatable bonds is 15. The Labute approximate surface area is 160 Å². The number of carbonyl (C=O) groups is 1. The molecule has 0 aromatic rings. The fourth-order valence-electron chi connectivity index (χ4n) is 2.47. The number of ether oxygens (including phenoxy) is 2. The summed E-state index contributed by atoms with van der Waals surface area (Å²) in [5.74, 6) is -0.186. The van der Waals surface area contributed by atoms with Crippen molar-refractivity contribution in [2.24, 2.45) is 0 Å². The zero-order valence-electron chi connectivity index (χ0n) is 16.9. The highest BCUT2D eigenvalue weighted by Crippen LogP contribution is 2.13. The quantitative estimate of drug-likeness (QED) is 0.0841. The minimum absolute atomic E-state index is 0.241. The van der Waals surface area contributed by atoms with Crippen molar-refractivity contribution in [1.29, 1.82) is 0 Å². The summed E-state index contributed by atoms with van der Waals surface area (Å²) in [5.41, 5.74) is 2.43. The monoisotopic (exact) mass is 360 g/mol. The van der Waals surface area contributed by atoms with Crippen LogP contribution >= 0.6 is 0 Å². The lowest BCUT2D eigenvalue weighted by molar-refractivity contribution is -0.142. The summed E-state index contributed by atoms with van der Waals surface area (Å²) in [7, 11) is 1.49. The smallest absolute Gasteiger partial charge is 0.373 e. The third-order valence-electron chi connectivity index (χ3n) is 3.98. The first-order valence-corrected chi connectivity index (χ1v) is 9.53. The van der Waals surface area contributed by atoms with Crippen molar-refractivity contribution in [2.45, 2.75) is 65.2 Å². The Morgan fingerprint density at radius 3 is 2.35 bits per heavy atom. The first-order chi connectivity index (χ1) is 12.5. The van der Waals surface area contributed by atoms with E-state index >= 15 is 0 Å². The molecule has 0 atom stereocenters. The molecule has 26 heavy (non-hydrogen) atoms. The van der Waals surface area contributed by atoms with E-state index in [0.29, 0.717) is 13.0 Å². The van der Waals surface area contributed by atoms with Crippen molar-refractivity contribution >= 4 is 5.97 Å². The van der Waals surface area contributed by atoms with Gasteiger partial charge in [-0.05, 0) is 52.0 Å². The van der Waals surface area contributed by atoms with Gasteiger partial charge in [-0.1, -0.05) is 61.3 Å². The van der Waals surface area contributed by atoms with Crippen LogP contribution in [0.5, 0.6) is 0 Å². The van der Waals surface area contributed by atoms with Crippen molar-refractivity contribution in [3.63, 3.8) is 0 Å². The van der Waals surface area contributed by atoms with Gasteiger partial charge in [0.05, 0.1) is 13.7 Å². The highest BCUT2D eigenvalue weighted by atomic mass is 16.6. The second-order valence-corrected chi connectivity index (χ2v) is 6.43. The molecule has 0 radical (unpaired) electrons. The van der Waals surface area contributed by atoms with E-state index in [2.05, 4.69) is 32.2 Å². The van der Waals surface area contributed by atoms with Gasteiger partial charge in [-0.25, -0.2) is 4.79 Å². The lowest BCUT2D eigenvalue weighted by Gasteiger charge is -2.06. The number of hydrogen-bond acceptors (Lipinski definition) is 3. The summed E-state index contributed by atoms with van der Waals surface area (Å²) in [4.78, 5) is 11.9. The maximum Gasteiger partial charge on any atom is 0.373 e. The van der Waals surface area contributed by atoms with Gasteiger partial charge in [-0.15, -0.1) is 6.58 Å². The predicted octanol–water partition coefficient (Wildman–Crippen LogP) is 6.45. The molecule has 0 fully saturated rings. The number of methoxy groups -OCH3 is 1. The number of esters is 1. The molecular weight excluding hydrogens is 324 g/mol. The Morgan fingerprint density at radius 1 is 1.00 bits per heavy atom. The molecule has 0 amide bonds. The number of carbonyl (C=O) groups excluding carboxylic acids is 1. The van der Waals surface area contributed by atoms with Crippen LogP contribution in [-0.2, 0) is 14.3 Å². The second kappa shape index (κ2) is 16.4. The van der Waals surface area contributed by atoms with E-state index in [1.54, 1.807) is 12.2 Å². The van der Waals surface area contributed by atoms with E-state index < -0.39 is 5.97 Å². The topological polar surface area (TPSA) is 35.5 Å². The Balaban J connectivity index is 4.03. The normalized spacial score (nSPS) is 12.7. The fraction of sp³-hybridized carbons (Fsp3) is 0.522. The van der Waals surface area contributed by atoms with Gasteiger partial charge >= 0.3 is 5.97 Å². The van der Waals surface area contributed by atoms with E-state index in [4.69, 9.17) is 9.47 Å². The Hall–Kier alpha value is -2.03. The molecule has 0 unspecified atom stereocenters. The molecule has 0 spiro atoms. The van der Waals surface area contributed by atoms with Crippen molar-refractivity contribution in [1.82, 2.24) is 0 Å². The minimum Gasteiger partial charge on any atom is -0.490 e. The van der Waals surface area contributed by atoms with Crippen LogP contribution in [0.15, 0.2) is 60.4 Å². The van der Waals surface area contributed by atoms with Crippen molar-refractivity contribution < 1.29 is 14.3 Å². The maximum absolute atomic E-state index is 11.9. The zero-order chi connectivity index (χ0) is 19.6. The summed E-state index contributed by atoms with van der Waals surface area (Å²) in [6.45, 7) is 11.8. The van der Waals surface area contributed by atoms with Crippen LogP contribution < -0.4 is 0 Å². The van der Waals surface area contributed by atoms with Crippen LogP contribution in [0.1, 0.15) is 65.2 Å². The van der Waals surface area contributed by atoms with Gasteiger partial charge in [0.2, 0.25) is 5.76 Å². The van der Waals surface area contributed by atoms with Crippen LogP contribution in [0, 0.1) is 0 Å². The Morgan fingerprint density at radius 2 is 1.69 bits per heavy atom. The third kappa shape index (κ3) is 13.3. The molecule has 0 heterocycles. The average molecular weight is 361 g/mol. The summed E-state index contributed by atoms with van der Waals surface area (Å²) in [6.07, 6.45) is 18.6. The molecule has 146 valence electrons. The number of hydrogen-bond donors (Lipinski definition) is 0. The van der Waals surface area contributed by atoms with Crippen LogP contribution in [0.2, 0.25) is 0 Å². The molecule has 3 heteroatoms. The van der Waals surface area contributed by atoms with Crippen molar-refractivity contribution in [3.8, 4) is 0 Å². The van der Waals surface area contributed by atoms with Crippen molar-refractivity contribution in [3.05, 3.63) is 60.4 Å². The number of allylic oxidation sites excluding steroid dienone is 6. The largest absolute Gasteiger partial charge is 0.490 e. The van der Waals surface area contributed by atoms with E-state index in [9.17, 15) is 4.79 Å². The van der Waals surface area contributed by atoms with E-state index in [1.165, 1.54) is 51.2 Å². The lowest BCUT2D eigenvalue weighted by atomic mass is 10.1. The Bertz CT molecular complexity index is 510. The molecule has 0 aromatic heterocycles. The van der Waals surface area contributed by atoms with E-state index in [-0.39, 0.29) is 5.76 Å².